The van der Waals surface area contributed by atoms with E-state index in [2.05, 4.69) is 25.3 Å². The third-order valence-corrected chi connectivity index (χ3v) is 6.89. The van der Waals surface area contributed by atoms with Crippen LogP contribution in [0.4, 0.5) is 5.13 Å². The smallest absolute Gasteiger partial charge is 0.276 e. The molecule has 1 aliphatic heterocycles. The van der Waals surface area contributed by atoms with Crippen molar-refractivity contribution in [3.05, 3.63) is 64.9 Å². The molecule has 0 atom stereocenters. The van der Waals surface area contributed by atoms with E-state index in [1.54, 1.807) is 16.3 Å². The number of aromatic nitrogens is 4. The van der Waals surface area contributed by atoms with Crippen LogP contribution in [-0.4, -0.2) is 43.6 Å². The van der Waals surface area contributed by atoms with E-state index >= 15 is 0 Å². The molecule has 4 heterocycles. The van der Waals surface area contributed by atoms with Gasteiger partial charge in [0.25, 0.3) is 5.91 Å². The molecule has 7 nitrogen and oxygen atoms in total. The summed E-state index contributed by atoms with van der Waals surface area (Å²) in [6.45, 7) is 3.10. The first-order valence-electron chi connectivity index (χ1n) is 10.3. The molecular formula is C22H22N6OS2. The Kier molecular flexibility index (Phi) is 5.88. The topological polar surface area (TPSA) is 75.9 Å². The summed E-state index contributed by atoms with van der Waals surface area (Å²) in [5, 5.41) is 12.5. The van der Waals surface area contributed by atoms with Crippen molar-refractivity contribution in [2.45, 2.75) is 25.8 Å². The van der Waals surface area contributed by atoms with Gasteiger partial charge in [-0.3, -0.25) is 15.0 Å². The molecule has 158 valence electrons. The number of carbonyl (C=O) groups excluding carboxylic acids is 1. The molecule has 1 aliphatic rings. The fourth-order valence-electron chi connectivity index (χ4n) is 3.61. The Bertz CT molecular complexity index is 1160. The summed E-state index contributed by atoms with van der Waals surface area (Å²) >= 11 is 2.89. The van der Waals surface area contributed by atoms with Gasteiger partial charge in [0.05, 0.1) is 17.6 Å². The standard InChI is InChI=1S/C22H22N6OS2/c29-20(26-22-24-17(14-31-22)13-27-9-5-2-6-10-27)19-15-30-21(25-19)16-11-23-28(12-16)18-7-3-1-4-8-18/h1,3-4,7-8,11-12,14-15H,2,5-6,9-10,13H2,(H,24,26,29). The summed E-state index contributed by atoms with van der Waals surface area (Å²) in [6.07, 6.45) is 7.51. The Morgan fingerprint density at radius 1 is 1.03 bits per heavy atom. The molecule has 1 aromatic carbocycles. The fourth-order valence-corrected chi connectivity index (χ4v) is 5.08. The normalized spacial score (nSPS) is 14.6. The highest BCUT2D eigenvalue weighted by molar-refractivity contribution is 7.14. The molecule has 1 N–H and O–H groups in total. The van der Waals surface area contributed by atoms with Crippen molar-refractivity contribution < 1.29 is 4.79 Å². The van der Waals surface area contributed by atoms with E-state index < -0.39 is 0 Å². The maximum atomic E-state index is 12.7. The van der Waals surface area contributed by atoms with Crippen molar-refractivity contribution in [3.8, 4) is 16.3 Å². The number of piperidine rings is 1. The van der Waals surface area contributed by atoms with Crippen LogP contribution < -0.4 is 5.32 Å². The van der Waals surface area contributed by atoms with Crippen LogP contribution in [-0.2, 0) is 6.54 Å². The molecule has 31 heavy (non-hydrogen) atoms. The van der Waals surface area contributed by atoms with Crippen LogP contribution in [0, 0.1) is 0 Å². The first kappa shape index (κ1) is 20.0. The van der Waals surface area contributed by atoms with E-state index in [0.29, 0.717) is 10.8 Å². The van der Waals surface area contributed by atoms with Gasteiger partial charge in [-0.05, 0) is 38.1 Å². The molecule has 9 heteroatoms. The number of para-hydroxylation sites is 1. The summed E-state index contributed by atoms with van der Waals surface area (Å²) < 4.78 is 1.80. The van der Waals surface area contributed by atoms with Gasteiger partial charge in [0.15, 0.2) is 5.13 Å². The minimum absolute atomic E-state index is 0.239. The second-order valence-electron chi connectivity index (χ2n) is 7.48. The number of thiazole rings is 2. The number of nitrogens with zero attached hydrogens (tertiary/aromatic N) is 5. The number of likely N-dealkylation sites (tertiary alicyclic amines) is 1. The summed E-state index contributed by atoms with van der Waals surface area (Å²) in [5.74, 6) is -0.239. The van der Waals surface area contributed by atoms with Crippen molar-refractivity contribution in [2.24, 2.45) is 0 Å². The predicted molar refractivity (Wildman–Crippen MR) is 124 cm³/mol. The summed E-state index contributed by atoms with van der Waals surface area (Å²) in [4.78, 5) is 24.2. The van der Waals surface area contributed by atoms with Crippen LogP contribution >= 0.6 is 22.7 Å². The maximum Gasteiger partial charge on any atom is 0.276 e. The van der Waals surface area contributed by atoms with E-state index in [-0.39, 0.29) is 5.91 Å². The largest absolute Gasteiger partial charge is 0.297 e. The number of rotatable bonds is 6. The molecule has 3 aromatic heterocycles. The Balaban J connectivity index is 1.23. The molecule has 5 rings (SSSR count). The fraction of sp³-hybridized carbons (Fsp3) is 0.273. The first-order chi connectivity index (χ1) is 15.2. The predicted octanol–water partition coefficient (Wildman–Crippen LogP) is 4.69. The highest BCUT2D eigenvalue weighted by Gasteiger charge is 2.16. The Morgan fingerprint density at radius 3 is 2.71 bits per heavy atom. The van der Waals surface area contributed by atoms with Crippen molar-refractivity contribution in [1.29, 1.82) is 0 Å². The highest BCUT2D eigenvalue weighted by atomic mass is 32.1. The van der Waals surface area contributed by atoms with Crippen LogP contribution in [0.3, 0.4) is 0 Å². The third kappa shape index (κ3) is 4.73. The second kappa shape index (κ2) is 9.09. The van der Waals surface area contributed by atoms with Gasteiger partial charge in [-0.25, -0.2) is 14.6 Å². The van der Waals surface area contributed by atoms with Crippen molar-refractivity contribution in [1.82, 2.24) is 24.6 Å². The Morgan fingerprint density at radius 2 is 1.87 bits per heavy atom. The van der Waals surface area contributed by atoms with Gasteiger partial charge in [0.1, 0.15) is 10.7 Å². The molecule has 0 aliphatic carbocycles. The molecule has 1 saturated heterocycles. The van der Waals surface area contributed by atoms with E-state index in [9.17, 15) is 4.79 Å². The Hall–Kier alpha value is -2.88. The SMILES string of the molecule is O=C(Nc1nc(CN2CCCCC2)cs1)c1csc(-c2cnn(-c3ccccc3)c2)n1. The average Bonchev–Trinajstić information content (AvgIpc) is 3.56. The van der Waals surface area contributed by atoms with Crippen LogP contribution in [0.25, 0.3) is 16.3 Å². The molecule has 1 fully saturated rings. The van der Waals surface area contributed by atoms with Gasteiger partial charge in [-0.1, -0.05) is 24.6 Å². The van der Waals surface area contributed by atoms with Gasteiger partial charge < -0.3 is 0 Å². The lowest BCUT2D eigenvalue weighted by Gasteiger charge is -2.25. The minimum atomic E-state index is -0.239. The molecule has 0 unspecified atom stereocenters. The van der Waals surface area contributed by atoms with E-state index in [0.717, 1.165) is 41.6 Å². The zero-order valence-corrected chi connectivity index (χ0v) is 18.5. The zero-order valence-electron chi connectivity index (χ0n) is 16.9. The molecule has 0 radical (unpaired) electrons. The molecule has 4 aromatic rings. The van der Waals surface area contributed by atoms with Crippen molar-refractivity contribution >= 4 is 33.7 Å². The molecular weight excluding hydrogens is 428 g/mol. The summed E-state index contributed by atoms with van der Waals surface area (Å²) in [7, 11) is 0. The Labute approximate surface area is 188 Å². The van der Waals surface area contributed by atoms with E-state index in [4.69, 9.17) is 0 Å². The van der Waals surface area contributed by atoms with Crippen LogP contribution in [0.5, 0.6) is 0 Å². The number of nitrogens with one attached hydrogen (secondary N) is 1. The van der Waals surface area contributed by atoms with Gasteiger partial charge in [0.2, 0.25) is 0 Å². The number of carbonyl (C=O) groups is 1. The zero-order chi connectivity index (χ0) is 21.0. The third-order valence-electron chi connectivity index (χ3n) is 5.19. The average molecular weight is 451 g/mol. The lowest BCUT2D eigenvalue weighted by molar-refractivity contribution is 0.102. The van der Waals surface area contributed by atoms with Gasteiger partial charge in [-0.2, -0.15) is 5.10 Å². The number of hydrogen-bond acceptors (Lipinski definition) is 7. The lowest BCUT2D eigenvalue weighted by atomic mass is 10.1. The minimum Gasteiger partial charge on any atom is -0.297 e. The van der Waals surface area contributed by atoms with Gasteiger partial charge in [-0.15, -0.1) is 22.7 Å². The number of benzene rings is 1. The van der Waals surface area contributed by atoms with Crippen LogP contribution in [0.1, 0.15) is 35.4 Å². The number of amides is 1. The molecule has 0 saturated carbocycles. The van der Waals surface area contributed by atoms with Crippen molar-refractivity contribution in [3.63, 3.8) is 0 Å². The maximum absolute atomic E-state index is 12.7. The van der Waals surface area contributed by atoms with Gasteiger partial charge >= 0.3 is 0 Å². The molecule has 0 bridgehead atoms. The second-order valence-corrected chi connectivity index (χ2v) is 9.20. The monoisotopic (exact) mass is 450 g/mol. The van der Waals surface area contributed by atoms with Crippen molar-refractivity contribution in [2.75, 3.05) is 18.4 Å². The van der Waals surface area contributed by atoms with E-state index in [1.807, 2.05) is 41.9 Å². The lowest BCUT2D eigenvalue weighted by Crippen LogP contribution is -2.29. The number of anilines is 1. The number of hydrogen-bond donors (Lipinski definition) is 1. The summed E-state index contributed by atoms with van der Waals surface area (Å²) in [5.41, 5.74) is 3.26. The van der Waals surface area contributed by atoms with E-state index in [1.165, 1.54) is 41.9 Å². The highest BCUT2D eigenvalue weighted by Crippen LogP contribution is 2.25. The first-order valence-corrected chi connectivity index (χ1v) is 12.0. The van der Waals surface area contributed by atoms with Gasteiger partial charge in [0, 0.05) is 29.1 Å². The summed E-state index contributed by atoms with van der Waals surface area (Å²) in [6, 6.07) is 9.90. The quantitative estimate of drug-likeness (QED) is 0.461. The molecule has 1 amide bonds. The van der Waals surface area contributed by atoms with Crippen LogP contribution in [0.15, 0.2) is 53.5 Å². The van der Waals surface area contributed by atoms with Crippen LogP contribution in [0.2, 0.25) is 0 Å². The molecule has 0 spiro atoms.